The zero-order valence-electron chi connectivity index (χ0n) is 14.3. The molecular weight excluding hydrogens is 320 g/mol. The molecule has 0 saturated carbocycles. The molecule has 8 heteroatoms. The summed E-state index contributed by atoms with van der Waals surface area (Å²) in [6.45, 7) is 8.26. The molecule has 4 rings (SSSR count). The SMILES string of the molecule is C=c1[nH]c(=O)n2c3c(nc2/c1=N/NC)CCC(CN1CCOCC1)=C3. The van der Waals surface area contributed by atoms with Crippen LogP contribution in [0.25, 0.3) is 18.3 Å². The van der Waals surface area contributed by atoms with Crippen molar-refractivity contribution < 1.29 is 4.74 Å². The molecule has 0 atom stereocenters. The molecule has 0 bridgehead atoms. The number of H-pyrrole nitrogens is 1. The highest BCUT2D eigenvalue weighted by Gasteiger charge is 2.21. The number of hydrogen-bond acceptors (Lipinski definition) is 6. The van der Waals surface area contributed by atoms with Crippen LogP contribution in [0.1, 0.15) is 17.8 Å². The van der Waals surface area contributed by atoms with Crippen LogP contribution in [-0.2, 0) is 11.2 Å². The smallest absolute Gasteiger partial charge is 0.332 e. The predicted molar refractivity (Wildman–Crippen MR) is 94.7 cm³/mol. The molecule has 2 N–H and O–H groups in total. The van der Waals surface area contributed by atoms with Gasteiger partial charge in [0.05, 0.1) is 30.0 Å². The monoisotopic (exact) mass is 342 g/mol. The highest BCUT2D eigenvalue weighted by atomic mass is 16.5. The Balaban J connectivity index is 1.80. The number of rotatable bonds is 3. The van der Waals surface area contributed by atoms with Crippen LogP contribution < -0.4 is 21.8 Å². The van der Waals surface area contributed by atoms with E-state index < -0.39 is 0 Å². The van der Waals surface area contributed by atoms with Crippen molar-refractivity contribution in [3.05, 3.63) is 38.2 Å². The summed E-state index contributed by atoms with van der Waals surface area (Å²) >= 11 is 0. The van der Waals surface area contributed by atoms with Crippen LogP contribution in [0.4, 0.5) is 0 Å². The number of ether oxygens (including phenoxy) is 1. The van der Waals surface area contributed by atoms with Gasteiger partial charge in [-0.2, -0.15) is 5.10 Å². The van der Waals surface area contributed by atoms with Gasteiger partial charge in [-0.05, 0) is 18.9 Å². The summed E-state index contributed by atoms with van der Waals surface area (Å²) in [5.41, 5.74) is 6.20. The molecule has 0 radical (unpaired) electrons. The van der Waals surface area contributed by atoms with Gasteiger partial charge >= 0.3 is 5.69 Å². The zero-order valence-corrected chi connectivity index (χ0v) is 14.3. The molecule has 0 aromatic carbocycles. The average Bonchev–Trinajstić information content (AvgIpc) is 2.98. The van der Waals surface area contributed by atoms with Crippen LogP contribution in [0.3, 0.4) is 0 Å². The molecule has 2 aromatic heterocycles. The van der Waals surface area contributed by atoms with Crippen molar-refractivity contribution in [3.8, 4) is 0 Å². The zero-order chi connectivity index (χ0) is 17.4. The minimum absolute atomic E-state index is 0.229. The normalized spacial score (nSPS) is 19.1. The van der Waals surface area contributed by atoms with Gasteiger partial charge in [-0.1, -0.05) is 12.2 Å². The maximum absolute atomic E-state index is 12.5. The first kappa shape index (κ1) is 16.0. The van der Waals surface area contributed by atoms with Crippen LogP contribution in [0.2, 0.25) is 0 Å². The Kier molecular flexibility index (Phi) is 4.14. The molecule has 2 aromatic rings. The van der Waals surface area contributed by atoms with Gasteiger partial charge in [-0.3, -0.25) is 4.90 Å². The molecule has 132 valence electrons. The van der Waals surface area contributed by atoms with Gasteiger partial charge < -0.3 is 15.1 Å². The van der Waals surface area contributed by atoms with E-state index in [1.165, 1.54) is 5.57 Å². The Morgan fingerprint density at radius 3 is 2.96 bits per heavy atom. The first-order chi connectivity index (χ1) is 12.2. The second kappa shape index (κ2) is 6.45. The van der Waals surface area contributed by atoms with Crippen molar-refractivity contribution >= 4 is 18.3 Å². The summed E-state index contributed by atoms with van der Waals surface area (Å²) in [5, 5.41) is 5.26. The van der Waals surface area contributed by atoms with Crippen molar-refractivity contribution in [1.82, 2.24) is 24.7 Å². The van der Waals surface area contributed by atoms with Crippen LogP contribution >= 0.6 is 0 Å². The van der Waals surface area contributed by atoms with Crippen LogP contribution in [0.15, 0.2) is 15.5 Å². The van der Waals surface area contributed by atoms with Crippen LogP contribution in [0, 0.1) is 0 Å². The van der Waals surface area contributed by atoms with Gasteiger partial charge in [0, 0.05) is 26.7 Å². The molecule has 1 aliphatic heterocycles. The second-order valence-corrected chi connectivity index (χ2v) is 6.39. The minimum Gasteiger partial charge on any atom is -0.379 e. The van der Waals surface area contributed by atoms with Crippen molar-refractivity contribution in [2.45, 2.75) is 12.8 Å². The number of fused-ring (bicyclic) bond motifs is 3. The van der Waals surface area contributed by atoms with E-state index in [2.05, 4.69) is 38.1 Å². The highest BCUT2D eigenvalue weighted by molar-refractivity contribution is 5.60. The standard InChI is InChI=1S/C17H22N6O2/c1-11-15(21-18-2)16-20-13-4-3-12(10-22-5-7-25-8-6-22)9-14(13)23(16)17(24)19-11/h9,18H,1,3-8,10H2,2H3,(H,19,24)/b21-15+. The number of nitrogens with zero attached hydrogens (tertiary/aromatic N) is 4. The lowest BCUT2D eigenvalue weighted by molar-refractivity contribution is 0.0420. The minimum atomic E-state index is -0.229. The fourth-order valence-electron chi connectivity index (χ4n) is 3.50. The molecule has 8 nitrogen and oxygen atoms in total. The number of aromatic amines is 1. The van der Waals surface area contributed by atoms with E-state index in [1.54, 1.807) is 11.4 Å². The lowest BCUT2D eigenvalue weighted by Gasteiger charge is -2.28. The molecule has 3 heterocycles. The molecule has 25 heavy (non-hydrogen) atoms. The summed E-state index contributed by atoms with van der Waals surface area (Å²) in [4.78, 5) is 22.3. The predicted octanol–water partition coefficient (Wildman–Crippen LogP) is -1.15. The van der Waals surface area contributed by atoms with E-state index in [1.807, 2.05) is 0 Å². The lowest BCUT2D eigenvalue weighted by atomic mass is 9.99. The maximum atomic E-state index is 12.5. The number of imidazole rings is 1. The fraction of sp³-hybridized carbons (Fsp3) is 0.471. The first-order valence-electron chi connectivity index (χ1n) is 8.54. The van der Waals surface area contributed by atoms with Crippen LogP contribution in [-0.4, -0.2) is 59.2 Å². The summed E-state index contributed by atoms with van der Waals surface area (Å²) in [7, 11) is 1.71. The molecule has 1 aliphatic carbocycles. The van der Waals surface area contributed by atoms with Crippen molar-refractivity contribution in [2.75, 3.05) is 39.9 Å². The van der Waals surface area contributed by atoms with E-state index in [9.17, 15) is 4.79 Å². The molecule has 0 unspecified atom stereocenters. The lowest BCUT2D eigenvalue weighted by Crippen LogP contribution is -2.39. The highest BCUT2D eigenvalue weighted by Crippen LogP contribution is 2.23. The molecular formula is C17H22N6O2. The maximum Gasteiger partial charge on any atom is 0.332 e. The van der Waals surface area contributed by atoms with Crippen molar-refractivity contribution in [1.29, 1.82) is 0 Å². The van der Waals surface area contributed by atoms with E-state index in [4.69, 9.17) is 4.74 Å². The summed E-state index contributed by atoms with van der Waals surface area (Å²) in [6.07, 6.45) is 3.90. The van der Waals surface area contributed by atoms with Gasteiger partial charge in [0.15, 0.2) is 5.65 Å². The van der Waals surface area contributed by atoms with Gasteiger partial charge in [0.1, 0.15) is 5.36 Å². The van der Waals surface area contributed by atoms with Gasteiger partial charge in [-0.25, -0.2) is 14.2 Å². The molecule has 1 saturated heterocycles. The third kappa shape index (κ3) is 2.87. The Morgan fingerprint density at radius 1 is 1.40 bits per heavy atom. The number of aryl methyl sites for hydroxylation is 1. The van der Waals surface area contributed by atoms with Gasteiger partial charge in [0.2, 0.25) is 0 Å². The van der Waals surface area contributed by atoms with Gasteiger partial charge in [-0.15, -0.1) is 0 Å². The Morgan fingerprint density at radius 2 is 2.20 bits per heavy atom. The molecule has 0 spiro atoms. The Bertz CT molecular complexity index is 997. The number of aromatic nitrogens is 3. The number of nitrogens with one attached hydrogen (secondary N) is 2. The molecule has 1 fully saturated rings. The average molecular weight is 342 g/mol. The summed E-state index contributed by atoms with van der Waals surface area (Å²) < 4.78 is 7.02. The molecule has 2 aliphatic rings. The van der Waals surface area contributed by atoms with Crippen molar-refractivity contribution in [3.63, 3.8) is 0 Å². The van der Waals surface area contributed by atoms with Crippen LogP contribution in [0.5, 0.6) is 0 Å². The number of morpholine rings is 1. The first-order valence-corrected chi connectivity index (χ1v) is 8.54. The summed E-state index contributed by atoms with van der Waals surface area (Å²) in [5.74, 6) is 0. The van der Waals surface area contributed by atoms with E-state index >= 15 is 0 Å². The summed E-state index contributed by atoms with van der Waals surface area (Å²) in [6, 6.07) is 0. The number of hydrogen-bond donors (Lipinski definition) is 2. The molecule has 0 amide bonds. The topological polar surface area (TPSA) is 87.0 Å². The van der Waals surface area contributed by atoms with Crippen molar-refractivity contribution in [2.24, 2.45) is 5.10 Å². The third-order valence-corrected chi connectivity index (χ3v) is 4.73. The van der Waals surface area contributed by atoms with Gasteiger partial charge in [0.25, 0.3) is 0 Å². The quantitative estimate of drug-likeness (QED) is 0.688. The van der Waals surface area contributed by atoms with E-state index in [-0.39, 0.29) is 5.69 Å². The Labute approximate surface area is 144 Å². The van der Waals surface area contributed by atoms with E-state index in [0.29, 0.717) is 16.4 Å². The fourth-order valence-corrected chi connectivity index (χ4v) is 3.50. The Hall–Kier alpha value is -2.45. The second-order valence-electron chi connectivity index (χ2n) is 6.39. The largest absolute Gasteiger partial charge is 0.379 e. The third-order valence-electron chi connectivity index (χ3n) is 4.73. The van der Waals surface area contributed by atoms with E-state index in [0.717, 1.165) is 57.1 Å².